The van der Waals surface area contributed by atoms with E-state index in [2.05, 4.69) is 20.3 Å². The number of carbonyl (C=O) groups excluding carboxylic acids is 1. The Kier molecular flexibility index (Phi) is 2.51. The number of amides is 1. The molecule has 3 rings (SSSR count). The Hall–Kier alpha value is -2.30. The lowest BCUT2D eigenvalue weighted by Crippen LogP contribution is -2.36. The van der Waals surface area contributed by atoms with Crippen molar-refractivity contribution >= 4 is 5.91 Å². The van der Waals surface area contributed by atoms with Gasteiger partial charge in [0.25, 0.3) is 5.91 Å². The lowest BCUT2D eigenvalue weighted by Gasteiger charge is -2.15. The Morgan fingerprint density at radius 3 is 2.56 bits per heavy atom. The Balaban J connectivity index is 1.80. The summed E-state index contributed by atoms with van der Waals surface area (Å²) in [5.41, 5.74) is 0.175. The van der Waals surface area contributed by atoms with Crippen molar-refractivity contribution in [3.05, 3.63) is 54.4 Å². The van der Waals surface area contributed by atoms with Gasteiger partial charge in [0, 0.05) is 24.8 Å². The minimum atomic E-state index is -0.381. The summed E-state index contributed by atoms with van der Waals surface area (Å²) in [5, 5.41) is 3.00. The van der Waals surface area contributed by atoms with E-state index in [0.29, 0.717) is 11.4 Å². The number of pyridine rings is 1. The van der Waals surface area contributed by atoms with E-state index >= 15 is 0 Å². The SMILES string of the molecule is O=C(NC1(c2ncccn2)CC1)c1cccnc1. The predicted molar refractivity (Wildman–Crippen MR) is 64.6 cm³/mol. The second kappa shape index (κ2) is 4.18. The molecule has 0 aromatic carbocycles. The highest BCUT2D eigenvalue weighted by atomic mass is 16.1. The number of rotatable bonds is 3. The third-order valence-electron chi connectivity index (χ3n) is 3.02. The third-order valence-corrected chi connectivity index (χ3v) is 3.02. The van der Waals surface area contributed by atoms with E-state index in [9.17, 15) is 4.79 Å². The molecule has 0 spiro atoms. The molecule has 2 aromatic heterocycles. The molecule has 1 N–H and O–H groups in total. The number of hydrogen-bond acceptors (Lipinski definition) is 4. The normalized spacial score (nSPS) is 16.0. The quantitative estimate of drug-likeness (QED) is 0.877. The molecule has 0 atom stereocenters. The maximum Gasteiger partial charge on any atom is 0.253 e. The Bertz CT molecular complexity index is 552. The second-order valence-corrected chi connectivity index (χ2v) is 4.35. The molecule has 0 aliphatic heterocycles. The monoisotopic (exact) mass is 240 g/mol. The fraction of sp³-hybridized carbons (Fsp3) is 0.231. The van der Waals surface area contributed by atoms with E-state index in [1.807, 2.05) is 0 Å². The van der Waals surface area contributed by atoms with Crippen molar-refractivity contribution in [2.75, 3.05) is 0 Å². The molecule has 1 amide bonds. The van der Waals surface area contributed by atoms with Crippen LogP contribution in [0.15, 0.2) is 43.0 Å². The van der Waals surface area contributed by atoms with Crippen LogP contribution in [-0.4, -0.2) is 20.9 Å². The summed E-state index contributed by atoms with van der Waals surface area (Å²) in [5.74, 6) is 0.551. The van der Waals surface area contributed by atoms with Gasteiger partial charge < -0.3 is 5.32 Å². The van der Waals surface area contributed by atoms with Crippen LogP contribution in [0.3, 0.4) is 0 Å². The molecule has 5 nitrogen and oxygen atoms in total. The zero-order valence-corrected chi connectivity index (χ0v) is 9.71. The van der Waals surface area contributed by atoms with Gasteiger partial charge in [-0.15, -0.1) is 0 Å². The lowest BCUT2D eigenvalue weighted by atomic mass is 10.2. The van der Waals surface area contributed by atoms with Crippen LogP contribution in [-0.2, 0) is 5.54 Å². The molecule has 2 heterocycles. The Labute approximate surface area is 104 Å². The van der Waals surface area contributed by atoms with Gasteiger partial charge in [-0.25, -0.2) is 9.97 Å². The molecule has 1 fully saturated rings. The van der Waals surface area contributed by atoms with Crippen LogP contribution in [0.5, 0.6) is 0 Å². The molecule has 1 saturated carbocycles. The molecule has 90 valence electrons. The lowest BCUT2D eigenvalue weighted by molar-refractivity contribution is 0.0928. The summed E-state index contributed by atoms with van der Waals surface area (Å²) in [4.78, 5) is 24.4. The average molecular weight is 240 g/mol. The van der Waals surface area contributed by atoms with Gasteiger partial charge in [-0.1, -0.05) is 0 Å². The first-order chi connectivity index (χ1) is 8.80. The van der Waals surface area contributed by atoms with Gasteiger partial charge in [0.05, 0.1) is 5.56 Å². The number of hydrogen-bond donors (Lipinski definition) is 1. The summed E-state index contributed by atoms with van der Waals surface area (Å²) < 4.78 is 0. The maximum atomic E-state index is 12.1. The van der Waals surface area contributed by atoms with Crippen LogP contribution in [0.4, 0.5) is 0 Å². The van der Waals surface area contributed by atoms with Crippen molar-refractivity contribution in [1.82, 2.24) is 20.3 Å². The smallest absolute Gasteiger partial charge is 0.253 e. The minimum absolute atomic E-state index is 0.131. The van der Waals surface area contributed by atoms with Crippen LogP contribution < -0.4 is 5.32 Å². The molecule has 5 heteroatoms. The summed E-state index contributed by atoms with van der Waals surface area (Å²) in [7, 11) is 0. The average Bonchev–Trinajstić information content (AvgIpc) is 3.22. The largest absolute Gasteiger partial charge is 0.339 e. The van der Waals surface area contributed by atoms with Gasteiger partial charge in [0.15, 0.2) is 5.82 Å². The van der Waals surface area contributed by atoms with Crippen LogP contribution in [0.2, 0.25) is 0 Å². The second-order valence-electron chi connectivity index (χ2n) is 4.35. The highest BCUT2D eigenvalue weighted by Crippen LogP contribution is 2.43. The van der Waals surface area contributed by atoms with E-state index < -0.39 is 0 Å². The summed E-state index contributed by atoms with van der Waals surface area (Å²) in [6.45, 7) is 0. The molecular formula is C13H12N4O. The van der Waals surface area contributed by atoms with E-state index in [0.717, 1.165) is 12.8 Å². The van der Waals surface area contributed by atoms with E-state index in [1.165, 1.54) is 0 Å². The molecular weight excluding hydrogens is 228 g/mol. The number of aromatic nitrogens is 3. The van der Waals surface area contributed by atoms with Crippen molar-refractivity contribution < 1.29 is 4.79 Å². The van der Waals surface area contributed by atoms with Crippen LogP contribution in [0.25, 0.3) is 0 Å². The topological polar surface area (TPSA) is 67.8 Å². The van der Waals surface area contributed by atoms with Crippen molar-refractivity contribution in [3.63, 3.8) is 0 Å². The van der Waals surface area contributed by atoms with Crippen molar-refractivity contribution in [2.24, 2.45) is 0 Å². The van der Waals surface area contributed by atoms with E-state index in [4.69, 9.17) is 0 Å². The molecule has 0 radical (unpaired) electrons. The Morgan fingerprint density at radius 1 is 1.17 bits per heavy atom. The number of carbonyl (C=O) groups is 1. The highest BCUT2D eigenvalue weighted by molar-refractivity contribution is 5.94. The standard InChI is InChI=1S/C13H12N4O/c18-11(10-3-1-6-14-9-10)17-13(4-5-13)12-15-7-2-8-16-12/h1-3,6-9H,4-5H2,(H,17,18). The van der Waals surface area contributed by atoms with Crippen molar-refractivity contribution in [1.29, 1.82) is 0 Å². The van der Waals surface area contributed by atoms with E-state index in [-0.39, 0.29) is 11.4 Å². The fourth-order valence-electron chi connectivity index (χ4n) is 1.86. The summed E-state index contributed by atoms with van der Waals surface area (Å²) >= 11 is 0. The van der Waals surface area contributed by atoms with Gasteiger partial charge in [-0.05, 0) is 31.0 Å². The minimum Gasteiger partial charge on any atom is -0.339 e. The van der Waals surface area contributed by atoms with Gasteiger partial charge in [0.1, 0.15) is 5.54 Å². The molecule has 1 aliphatic carbocycles. The van der Waals surface area contributed by atoms with Crippen molar-refractivity contribution in [2.45, 2.75) is 18.4 Å². The number of nitrogens with one attached hydrogen (secondary N) is 1. The molecule has 2 aromatic rings. The van der Waals surface area contributed by atoms with Crippen molar-refractivity contribution in [3.8, 4) is 0 Å². The molecule has 1 aliphatic rings. The van der Waals surface area contributed by atoms with Crippen LogP contribution in [0.1, 0.15) is 29.0 Å². The third kappa shape index (κ3) is 1.95. The molecule has 0 bridgehead atoms. The first-order valence-corrected chi connectivity index (χ1v) is 5.80. The molecule has 18 heavy (non-hydrogen) atoms. The molecule has 0 unspecified atom stereocenters. The highest BCUT2D eigenvalue weighted by Gasteiger charge is 2.48. The zero-order chi connectivity index (χ0) is 12.4. The van der Waals surface area contributed by atoms with Gasteiger partial charge in [-0.2, -0.15) is 0 Å². The van der Waals surface area contributed by atoms with Crippen LogP contribution in [0, 0.1) is 0 Å². The number of nitrogens with zero attached hydrogens (tertiary/aromatic N) is 3. The van der Waals surface area contributed by atoms with Gasteiger partial charge in [0.2, 0.25) is 0 Å². The predicted octanol–water partition coefficient (Wildman–Crippen LogP) is 1.29. The van der Waals surface area contributed by atoms with Gasteiger partial charge >= 0.3 is 0 Å². The zero-order valence-electron chi connectivity index (χ0n) is 9.71. The fourth-order valence-corrected chi connectivity index (χ4v) is 1.86. The summed E-state index contributed by atoms with van der Waals surface area (Å²) in [6.07, 6.45) is 8.34. The van der Waals surface area contributed by atoms with Crippen LogP contribution >= 0.6 is 0 Å². The first-order valence-electron chi connectivity index (χ1n) is 5.80. The van der Waals surface area contributed by atoms with Gasteiger partial charge in [-0.3, -0.25) is 9.78 Å². The molecule has 0 saturated heterocycles. The summed E-state index contributed by atoms with van der Waals surface area (Å²) in [6, 6.07) is 5.25. The van der Waals surface area contributed by atoms with E-state index in [1.54, 1.807) is 43.0 Å². The Morgan fingerprint density at radius 2 is 1.94 bits per heavy atom. The first kappa shape index (κ1) is 10.8. The maximum absolute atomic E-state index is 12.1.